The quantitative estimate of drug-likeness (QED) is 0.562. The number of aryl methyl sites for hydroxylation is 2. The predicted octanol–water partition coefficient (Wildman–Crippen LogP) is 0.617. The molecule has 0 unspecified atom stereocenters. The molecule has 22 heavy (non-hydrogen) atoms. The Morgan fingerprint density at radius 3 is 2.36 bits per heavy atom. The van der Waals surface area contributed by atoms with Crippen molar-refractivity contribution in [1.29, 1.82) is 0 Å². The van der Waals surface area contributed by atoms with Gasteiger partial charge in [0.05, 0.1) is 12.2 Å². The molecule has 7 nitrogen and oxygen atoms in total. The van der Waals surface area contributed by atoms with Gasteiger partial charge in [-0.1, -0.05) is 0 Å². The molecule has 0 aromatic carbocycles. The van der Waals surface area contributed by atoms with Crippen LogP contribution in [-0.4, -0.2) is 40.8 Å². The van der Waals surface area contributed by atoms with Crippen LogP contribution in [0.1, 0.15) is 37.7 Å². The van der Waals surface area contributed by atoms with Crippen molar-refractivity contribution in [2.75, 3.05) is 13.6 Å². The van der Waals surface area contributed by atoms with Crippen LogP contribution in [0.5, 0.6) is 0 Å². The molecule has 1 aromatic rings. The molecule has 0 atom stereocenters. The molecule has 0 saturated carbocycles. The van der Waals surface area contributed by atoms with Crippen LogP contribution >= 0.6 is 0 Å². The lowest BCUT2D eigenvalue weighted by molar-refractivity contribution is -0.121. The third kappa shape index (κ3) is 5.38. The molecule has 0 fully saturated rings. The number of carbonyl (C=O) groups excluding carboxylic acids is 1. The number of aliphatic imine (C=N–C) groups is 1. The zero-order valence-corrected chi connectivity index (χ0v) is 14.7. The Balaban J connectivity index is 2.51. The van der Waals surface area contributed by atoms with Gasteiger partial charge in [0.1, 0.15) is 0 Å². The van der Waals surface area contributed by atoms with E-state index in [0.717, 1.165) is 17.0 Å². The Labute approximate surface area is 132 Å². The number of hydrogen-bond acceptors (Lipinski definition) is 3. The van der Waals surface area contributed by atoms with Crippen molar-refractivity contribution in [2.24, 2.45) is 12.0 Å². The highest BCUT2D eigenvalue weighted by atomic mass is 16.2. The molecule has 124 valence electrons. The van der Waals surface area contributed by atoms with Crippen molar-refractivity contribution < 1.29 is 4.79 Å². The molecule has 3 N–H and O–H groups in total. The first-order chi connectivity index (χ1) is 10.1. The highest BCUT2D eigenvalue weighted by Crippen LogP contribution is 2.10. The van der Waals surface area contributed by atoms with Gasteiger partial charge in [-0.2, -0.15) is 5.10 Å². The number of rotatable bonds is 4. The summed E-state index contributed by atoms with van der Waals surface area (Å²) in [5.74, 6) is 0.524. The van der Waals surface area contributed by atoms with Gasteiger partial charge in [-0.3, -0.25) is 14.5 Å². The van der Waals surface area contributed by atoms with Crippen LogP contribution in [0.2, 0.25) is 0 Å². The molecule has 1 aromatic heterocycles. The molecule has 0 saturated heterocycles. The standard InChI is InChI=1S/C15H28N6O/c1-10-12(11(2)21(7)20-10)8-17-14(16-6)18-9-13(22)19-15(3,4)5/h8-9H2,1-7H3,(H,19,22)(H2,16,17,18). The van der Waals surface area contributed by atoms with Crippen molar-refractivity contribution in [3.05, 3.63) is 17.0 Å². The van der Waals surface area contributed by atoms with Crippen LogP contribution in [0.25, 0.3) is 0 Å². The lowest BCUT2D eigenvalue weighted by Gasteiger charge is -2.21. The average molecular weight is 308 g/mol. The number of amides is 1. The Morgan fingerprint density at radius 1 is 1.27 bits per heavy atom. The first-order valence-corrected chi connectivity index (χ1v) is 7.38. The topological polar surface area (TPSA) is 83.3 Å². The van der Waals surface area contributed by atoms with Gasteiger partial charge in [0.2, 0.25) is 5.91 Å². The van der Waals surface area contributed by atoms with Gasteiger partial charge in [0.25, 0.3) is 0 Å². The number of nitrogens with zero attached hydrogens (tertiary/aromatic N) is 3. The predicted molar refractivity (Wildman–Crippen MR) is 88.8 cm³/mol. The van der Waals surface area contributed by atoms with Gasteiger partial charge in [-0.25, -0.2) is 0 Å². The Bertz CT molecular complexity index is 553. The van der Waals surface area contributed by atoms with Crippen molar-refractivity contribution >= 4 is 11.9 Å². The largest absolute Gasteiger partial charge is 0.352 e. The monoisotopic (exact) mass is 308 g/mol. The summed E-state index contributed by atoms with van der Waals surface area (Å²) in [5.41, 5.74) is 3.02. The Morgan fingerprint density at radius 2 is 1.91 bits per heavy atom. The van der Waals surface area contributed by atoms with Crippen LogP contribution in [-0.2, 0) is 18.4 Å². The second-order valence-corrected chi connectivity index (χ2v) is 6.35. The van der Waals surface area contributed by atoms with E-state index in [1.165, 1.54) is 0 Å². The van der Waals surface area contributed by atoms with E-state index in [9.17, 15) is 4.79 Å². The number of nitrogens with one attached hydrogen (secondary N) is 3. The lowest BCUT2D eigenvalue weighted by Crippen LogP contribution is -2.48. The fourth-order valence-electron chi connectivity index (χ4n) is 2.09. The molecule has 1 amide bonds. The van der Waals surface area contributed by atoms with Gasteiger partial charge >= 0.3 is 0 Å². The van der Waals surface area contributed by atoms with Crippen LogP contribution in [0.15, 0.2) is 4.99 Å². The molecular formula is C15H28N6O. The summed E-state index contributed by atoms with van der Waals surface area (Å²) < 4.78 is 1.86. The second kappa shape index (κ2) is 7.29. The van der Waals surface area contributed by atoms with Crippen LogP contribution in [0.4, 0.5) is 0 Å². The summed E-state index contributed by atoms with van der Waals surface area (Å²) in [7, 11) is 3.61. The number of hydrogen-bond donors (Lipinski definition) is 3. The Hall–Kier alpha value is -2.05. The molecule has 0 bridgehead atoms. The van der Waals surface area contributed by atoms with E-state index in [4.69, 9.17) is 0 Å². The van der Waals surface area contributed by atoms with Crippen LogP contribution in [0, 0.1) is 13.8 Å². The van der Waals surface area contributed by atoms with E-state index < -0.39 is 0 Å². The van der Waals surface area contributed by atoms with Gasteiger partial charge in [0.15, 0.2) is 5.96 Å². The van der Waals surface area contributed by atoms with Crippen molar-refractivity contribution in [1.82, 2.24) is 25.7 Å². The van der Waals surface area contributed by atoms with Crippen molar-refractivity contribution in [3.63, 3.8) is 0 Å². The minimum atomic E-state index is -0.236. The smallest absolute Gasteiger partial charge is 0.239 e. The fraction of sp³-hybridized carbons (Fsp3) is 0.667. The molecule has 0 aliphatic rings. The van der Waals surface area contributed by atoms with E-state index in [1.807, 2.05) is 46.3 Å². The fourth-order valence-corrected chi connectivity index (χ4v) is 2.09. The van der Waals surface area contributed by atoms with Gasteiger partial charge in [0, 0.05) is 37.4 Å². The summed E-state index contributed by atoms with van der Waals surface area (Å²) in [4.78, 5) is 15.9. The van der Waals surface area contributed by atoms with E-state index in [0.29, 0.717) is 12.5 Å². The van der Waals surface area contributed by atoms with E-state index in [-0.39, 0.29) is 18.0 Å². The molecule has 7 heteroatoms. The molecule has 0 radical (unpaired) electrons. The van der Waals surface area contributed by atoms with Crippen LogP contribution < -0.4 is 16.0 Å². The SMILES string of the molecule is CN=C(NCC(=O)NC(C)(C)C)NCc1c(C)nn(C)c1C. The van der Waals surface area contributed by atoms with Gasteiger partial charge < -0.3 is 16.0 Å². The number of aromatic nitrogens is 2. The number of guanidine groups is 1. The zero-order chi connectivity index (χ0) is 16.9. The minimum absolute atomic E-state index is 0.0656. The second-order valence-electron chi connectivity index (χ2n) is 6.35. The maximum Gasteiger partial charge on any atom is 0.239 e. The zero-order valence-electron chi connectivity index (χ0n) is 14.7. The highest BCUT2D eigenvalue weighted by molar-refractivity contribution is 5.86. The van der Waals surface area contributed by atoms with Crippen molar-refractivity contribution in [2.45, 2.75) is 46.7 Å². The molecule has 1 heterocycles. The lowest BCUT2D eigenvalue weighted by atomic mass is 10.1. The molecular weight excluding hydrogens is 280 g/mol. The summed E-state index contributed by atoms with van der Waals surface area (Å²) in [6.07, 6.45) is 0. The van der Waals surface area contributed by atoms with E-state index in [2.05, 4.69) is 26.0 Å². The third-order valence-corrected chi connectivity index (χ3v) is 3.25. The van der Waals surface area contributed by atoms with Crippen LogP contribution in [0.3, 0.4) is 0 Å². The van der Waals surface area contributed by atoms with Gasteiger partial charge in [-0.05, 0) is 34.6 Å². The molecule has 0 aliphatic carbocycles. The average Bonchev–Trinajstić information content (AvgIpc) is 2.62. The maximum absolute atomic E-state index is 11.8. The summed E-state index contributed by atoms with van der Waals surface area (Å²) in [5, 5.41) is 13.5. The first kappa shape index (κ1) is 18.0. The van der Waals surface area contributed by atoms with Crippen molar-refractivity contribution in [3.8, 4) is 0 Å². The first-order valence-electron chi connectivity index (χ1n) is 7.38. The van der Waals surface area contributed by atoms with Gasteiger partial charge in [-0.15, -0.1) is 0 Å². The highest BCUT2D eigenvalue weighted by Gasteiger charge is 2.14. The maximum atomic E-state index is 11.8. The Kier molecular flexibility index (Phi) is 5.96. The molecule has 1 rings (SSSR count). The third-order valence-electron chi connectivity index (χ3n) is 3.25. The molecule has 0 aliphatic heterocycles. The number of carbonyl (C=O) groups is 1. The summed E-state index contributed by atoms with van der Waals surface area (Å²) in [6, 6.07) is 0. The normalized spacial score (nSPS) is 12.2. The van der Waals surface area contributed by atoms with E-state index >= 15 is 0 Å². The van der Waals surface area contributed by atoms with E-state index in [1.54, 1.807) is 7.05 Å². The summed E-state index contributed by atoms with van der Waals surface area (Å²) in [6.45, 7) is 10.7. The minimum Gasteiger partial charge on any atom is -0.352 e. The summed E-state index contributed by atoms with van der Waals surface area (Å²) >= 11 is 0. The molecule has 0 spiro atoms.